The molecule has 4 nitrogen and oxygen atoms in total. The SMILES string of the molecule is FC(F)(F)C1=CC(=c2ccc3c4ccc(=C5C=C(C(F)(F)F)C=C(C(F)(F)F)C5)cc4n(-c4cc(-c5nc(-c6ccccc6)nc(-c6ccccc6)n5)ccc4-c4ccc(C(F)(F)F)cc4)c3c2)CC(C(F)(F)F)=C1. The van der Waals surface area contributed by atoms with E-state index in [0.29, 0.717) is 23.3 Å². The molecule has 10 rings (SSSR count). The fourth-order valence-electron chi connectivity index (χ4n) is 9.06. The first kappa shape index (κ1) is 50.3. The Balaban J connectivity index is 1.33. The van der Waals surface area contributed by atoms with E-state index < -0.39 is 82.7 Å². The van der Waals surface area contributed by atoms with Crippen molar-refractivity contribution in [1.82, 2.24) is 19.5 Å². The van der Waals surface area contributed by atoms with E-state index in [1.807, 2.05) is 0 Å². The lowest BCUT2D eigenvalue weighted by Crippen LogP contribution is -2.21. The van der Waals surface area contributed by atoms with Gasteiger partial charge in [0.05, 0.1) is 33.4 Å². The first-order chi connectivity index (χ1) is 35.3. The molecule has 0 aliphatic heterocycles. The van der Waals surface area contributed by atoms with Crippen molar-refractivity contribution >= 4 is 33.0 Å². The molecule has 0 N–H and O–H groups in total. The molecule has 0 atom stereocenters. The van der Waals surface area contributed by atoms with E-state index in [4.69, 9.17) is 15.0 Å². The average molecular weight is 1040 g/mol. The van der Waals surface area contributed by atoms with Crippen molar-refractivity contribution in [3.8, 4) is 51.0 Å². The monoisotopic (exact) mass is 1040 g/mol. The van der Waals surface area contributed by atoms with E-state index in [1.165, 1.54) is 53.1 Å². The van der Waals surface area contributed by atoms with Gasteiger partial charge in [-0.1, -0.05) is 109 Å². The molecular weight excluding hydrogens is 1010 g/mol. The van der Waals surface area contributed by atoms with Gasteiger partial charge in [-0.05, 0) is 81.8 Å². The smallest absolute Gasteiger partial charge is 0.309 e. The summed E-state index contributed by atoms with van der Waals surface area (Å²) in [6.07, 6.45) is -26.4. The first-order valence-corrected chi connectivity index (χ1v) is 22.4. The van der Waals surface area contributed by atoms with Gasteiger partial charge in [0.1, 0.15) is 0 Å². The predicted molar refractivity (Wildman–Crippen MR) is 253 cm³/mol. The van der Waals surface area contributed by atoms with Crippen LogP contribution in [0.15, 0.2) is 186 Å². The normalized spacial score (nSPS) is 16.5. The molecule has 0 amide bonds. The van der Waals surface area contributed by atoms with Crippen LogP contribution in [0.1, 0.15) is 18.4 Å². The minimum atomic E-state index is -5.22. The standard InChI is InChI=1S/C56H31F15N4/c57-52(58,59)38-16-11-30(12-17-38)43-18-15-35(51-73-49(31-7-3-1-4-8-31)72-50(74-51)32-9-5-2-6-10-32)27-46(43)75-47-25-33(36-21-39(53(60,61)62)28-40(22-36)54(63,64)65)13-19-44(47)45-20-14-34(26-48(45)75)37-23-41(55(66,67)68)29-42(24-37)56(69,70)71/h1-21,23,25-29H,22,24H2. The Kier molecular flexibility index (Phi) is 12.3. The maximum absolute atomic E-state index is 14.3. The molecular formula is C56H31F15N4. The van der Waals surface area contributed by atoms with Crippen LogP contribution in [0.4, 0.5) is 65.9 Å². The Bertz CT molecular complexity index is 3640. The largest absolute Gasteiger partial charge is 0.416 e. The molecule has 0 radical (unpaired) electrons. The average Bonchev–Trinajstić information content (AvgIpc) is 3.70. The lowest BCUT2D eigenvalue weighted by Gasteiger charge is -2.20. The van der Waals surface area contributed by atoms with Crippen LogP contribution in [0, 0.1) is 0 Å². The van der Waals surface area contributed by atoms with Crippen molar-refractivity contribution < 1.29 is 65.9 Å². The zero-order chi connectivity index (χ0) is 53.4. The van der Waals surface area contributed by atoms with E-state index in [-0.39, 0.29) is 84.2 Å². The van der Waals surface area contributed by atoms with Crippen LogP contribution in [-0.4, -0.2) is 44.2 Å². The summed E-state index contributed by atoms with van der Waals surface area (Å²) in [6, 6.07) is 34.0. The summed E-state index contributed by atoms with van der Waals surface area (Å²) in [4.78, 5) is 14.3. The zero-order valence-corrected chi connectivity index (χ0v) is 38.0. The molecule has 2 heterocycles. The quantitative estimate of drug-likeness (QED) is 0.161. The molecule has 8 aromatic rings. The second-order valence-electron chi connectivity index (χ2n) is 17.6. The van der Waals surface area contributed by atoms with Gasteiger partial charge >= 0.3 is 30.9 Å². The van der Waals surface area contributed by atoms with Crippen molar-refractivity contribution in [1.29, 1.82) is 0 Å². The van der Waals surface area contributed by atoms with Gasteiger partial charge < -0.3 is 4.57 Å². The molecule has 0 saturated heterocycles. The third-order valence-corrected chi connectivity index (χ3v) is 12.7. The summed E-state index contributed by atoms with van der Waals surface area (Å²) in [7, 11) is 0. The molecule has 19 heteroatoms. The van der Waals surface area contributed by atoms with Crippen LogP contribution in [0.25, 0.3) is 83.9 Å². The highest BCUT2D eigenvalue weighted by Crippen LogP contribution is 2.44. The number of rotatable bonds is 5. The van der Waals surface area contributed by atoms with E-state index in [0.717, 1.165) is 24.3 Å². The molecule has 75 heavy (non-hydrogen) atoms. The van der Waals surface area contributed by atoms with Gasteiger partial charge in [-0.3, -0.25) is 0 Å². The minimum Gasteiger partial charge on any atom is -0.309 e. The molecule has 6 aromatic carbocycles. The van der Waals surface area contributed by atoms with Gasteiger partial charge in [-0.15, -0.1) is 0 Å². The predicted octanol–water partition coefficient (Wildman–Crippen LogP) is 15.7. The lowest BCUT2D eigenvalue weighted by atomic mass is 9.92. The van der Waals surface area contributed by atoms with Crippen molar-refractivity contribution in [2.75, 3.05) is 0 Å². The molecule has 0 bridgehead atoms. The molecule has 2 aromatic heterocycles. The third-order valence-electron chi connectivity index (χ3n) is 12.7. The van der Waals surface area contributed by atoms with E-state index >= 15 is 0 Å². The Labute approximate surface area is 414 Å². The Morgan fingerprint density at radius 3 is 1.17 bits per heavy atom. The molecule has 2 aliphatic carbocycles. The van der Waals surface area contributed by atoms with Crippen LogP contribution in [0.3, 0.4) is 0 Å². The van der Waals surface area contributed by atoms with Crippen molar-refractivity contribution in [2.45, 2.75) is 43.7 Å². The fraction of sp³-hybridized carbons (Fsp3) is 0.125. The van der Waals surface area contributed by atoms with Gasteiger partial charge in [0, 0.05) is 57.0 Å². The van der Waals surface area contributed by atoms with Crippen molar-refractivity contribution in [3.05, 3.63) is 202 Å². The Morgan fingerprint density at radius 2 is 0.773 bits per heavy atom. The second kappa shape index (κ2) is 18.3. The van der Waals surface area contributed by atoms with Crippen LogP contribution < -0.4 is 10.4 Å². The molecule has 0 spiro atoms. The number of aromatic nitrogens is 4. The molecule has 380 valence electrons. The number of hydrogen-bond acceptors (Lipinski definition) is 3. The topological polar surface area (TPSA) is 43.6 Å². The van der Waals surface area contributed by atoms with Crippen LogP contribution in [0.2, 0.25) is 0 Å². The summed E-state index contributed by atoms with van der Waals surface area (Å²) >= 11 is 0. The Hall–Kier alpha value is -8.22. The molecule has 0 fully saturated rings. The number of benzene rings is 6. The van der Waals surface area contributed by atoms with Crippen LogP contribution in [0.5, 0.6) is 0 Å². The fourth-order valence-corrected chi connectivity index (χ4v) is 9.06. The number of hydrogen-bond donors (Lipinski definition) is 0. The summed E-state index contributed by atoms with van der Waals surface area (Å²) in [5.41, 5.74) is -6.15. The number of alkyl halides is 15. The zero-order valence-electron chi connectivity index (χ0n) is 38.0. The summed E-state index contributed by atoms with van der Waals surface area (Å²) in [6.45, 7) is 0. The van der Waals surface area contributed by atoms with Gasteiger partial charge in [0.2, 0.25) is 0 Å². The minimum absolute atomic E-state index is 0.0108. The third kappa shape index (κ3) is 10.1. The maximum atomic E-state index is 14.3. The number of nitrogens with zero attached hydrogens (tertiary/aromatic N) is 4. The first-order valence-electron chi connectivity index (χ1n) is 22.4. The Morgan fingerprint density at radius 1 is 0.360 bits per heavy atom. The van der Waals surface area contributed by atoms with Gasteiger partial charge in [0.25, 0.3) is 0 Å². The van der Waals surface area contributed by atoms with Crippen LogP contribution in [-0.2, 0) is 6.18 Å². The van der Waals surface area contributed by atoms with Crippen LogP contribution >= 0.6 is 0 Å². The number of fused-ring (bicyclic) bond motifs is 3. The van der Waals surface area contributed by atoms with Gasteiger partial charge in [0.15, 0.2) is 17.5 Å². The van der Waals surface area contributed by atoms with Gasteiger partial charge in [-0.2, -0.15) is 65.9 Å². The van der Waals surface area contributed by atoms with E-state index in [9.17, 15) is 65.9 Å². The van der Waals surface area contributed by atoms with E-state index in [1.54, 1.807) is 66.7 Å². The number of halogens is 15. The van der Waals surface area contributed by atoms with Crippen molar-refractivity contribution in [2.24, 2.45) is 0 Å². The molecule has 2 aliphatic rings. The summed E-state index contributed by atoms with van der Waals surface area (Å²) in [5.74, 6) is 0.475. The van der Waals surface area contributed by atoms with E-state index in [2.05, 4.69) is 0 Å². The molecule has 0 saturated carbocycles. The highest BCUT2D eigenvalue weighted by Gasteiger charge is 2.42. The maximum Gasteiger partial charge on any atom is 0.416 e. The molecule has 0 unspecified atom stereocenters. The highest BCUT2D eigenvalue weighted by molar-refractivity contribution is 6.10. The summed E-state index contributed by atoms with van der Waals surface area (Å²) in [5, 5.41) is 0.266. The van der Waals surface area contributed by atoms with Crippen molar-refractivity contribution in [3.63, 3.8) is 0 Å². The second-order valence-corrected chi connectivity index (χ2v) is 17.6. The summed E-state index contributed by atoms with van der Waals surface area (Å²) < 4.78 is 214. The lowest BCUT2D eigenvalue weighted by molar-refractivity contribution is -0.137. The number of allylic oxidation sites excluding steroid dienone is 8. The highest BCUT2D eigenvalue weighted by atomic mass is 19.4. The van der Waals surface area contributed by atoms with Gasteiger partial charge in [-0.25, -0.2) is 15.0 Å².